The molecule has 1 aliphatic carbocycles. The lowest BCUT2D eigenvalue weighted by atomic mass is 9.87. The Kier molecular flexibility index (Phi) is 4.03. The minimum Gasteiger partial charge on any atom is -0.379 e. The fourth-order valence-corrected chi connectivity index (χ4v) is 3.07. The number of nitrogens with two attached hydrogens (primary N) is 1. The van der Waals surface area contributed by atoms with Crippen LogP contribution in [0.25, 0.3) is 0 Å². The maximum atomic E-state index is 9.18. The molecule has 0 amide bonds. The first-order chi connectivity index (χ1) is 8.15. The van der Waals surface area contributed by atoms with Crippen molar-refractivity contribution in [2.24, 2.45) is 11.7 Å². The van der Waals surface area contributed by atoms with Crippen LogP contribution >= 0.6 is 0 Å². The normalized spacial score (nSPS) is 39.1. The molecule has 3 unspecified atom stereocenters. The lowest BCUT2D eigenvalue weighted by molar-refractivity contribution is -0.00308. The third kappa shape index (κ3) is 2.79. The molecule has 0 aromatic heterocycles. The molecule has 2 fully saturated rings. The molecule has 1 aliphatic heterocycles. The molecule has 96 valence electrons. The summed E-state index contributed by atoms with van der Waals surface area (Å²) in [6, 6.07) is 2.82. The predicted molar refractivity (Wildman–Crippen MR) is 66.3 cm³/mol. The zero-order valence-electron chi connectivity index (χ0n) is 10.7. The first-order valence-corrected chi connectivity index (χ1v) is 6.67. The lowest BCUT2D eigenvalue weighted by Crippen LogP contribution is -2.47. The highest BCUT2D eigenvalue weighted by Gasteiger charge is 2.39. The van der Waals surface area contributed by atoms with E-state index in [9.17, 15) is 5.26 Å². The van der Waals surface area contributed by atoms with E-state index in [-0.39, 0.29) is 0 Å². The summed E-state index contributed by atoms with van der Waals surface area (Å²) in [6.07, 6.45) is 4.14. The molecule has 0 aromatic rings. The third-order valence-corrected chi connectivity index (χ3v) is 4.35. The summed E-state index contributed by atoms with van der Waals surface area (Å²) in [6.45, 7) is 5.93. The van der Waals surface area contributed by atoms with E-state index >= 15 is 0 Å². The first-order valence-electron chi connectivity index (χ1n) is 6.67. The summed E-state index contributed by atoms with van der Waals surface area (Å²) in [5.41, 5.74) is 5.59. The second kappa shape index (κ2) is 5.34. The van der Waals surface area contributed by atoms with Crippen LogP contribution < -0.4 is 5.73 Å². The van der Waals surface area contributed by atoms with Gasteiger partial charge in [-0.1, -0.05) is 6.42 Å². The number of rotatable bonds is 3. The summed E-state index contributed by atoms with van der Waals surface area (Å²) in [7, 11) is 0. The van der Waals surface area contributed by atoms with Gasteiger partial charge in [0.2, 0.25) is 0 Å². The van der Waals surface area contributed by atoms with Crippen molar-refractivity contribution in [1.29, 1.82) is 5.26 Å². The van der Waals surface area contributed by atoms with E-state index in [4.69, 9.17) is 10.5 Å². The molecule has 2 aliphatic rings. The van der Waals surface area contributed by atoms with Crippen molar-refractivity contribution in [3.8, 4) is 6.07 Å². The molecule has 4 nitrogen and oxygen atoms in total. The standard InChI is InChI=1S/C13H23N3O/c1-11-9-17-8-7-16(11)6-4-12-3-2-5-13(12,15)10-14/h11-12H,2-9,15H2,1H3. The van der Waals surface area contributed by atoms with Crippen molar-refractivity contribution < 1.29 is 4.74 Å². The predicted octanol–water partition coefficient (Wildman–Crippen LogP) is 1.12. The molecule has 1 saturated carbocycles. The SMILES string of the molecule is CC1COCCN1CCC1CCCC1(N)C#N. The van der Waals surface area contributed by atoms with Crippen LogP contribution in [0, 0.1) is 17.2 Å². The Morgan fingerprint density at radius 1 is 1.59 bits per heavy atom. The van der Waals surface area contributed by atoms with Crippen LogP contribution in [0.5, 0.6) is 0 Å². The van der Waals surface area contributed by atoms with E-state index in [1.807, 2.05) is 0 Å². The van der Waals surface area contributed by atoms with Gasteiger partial charge in [0.25, 0.3) is 0 Å². The van der Waals surface area contributed by atoms with E-state index in [1.165, 1.54) is 0 Å². The summed E-state index contributed by atoms with van der Waals surface area (Å²) < 4.78 is 5.43. The van der Waals surface area contributed by atoms with Gasteiger partial charge >= 0.3 is 0 Å². The average molecular weight is 237 g/mol. The number of morpholine rings is 1. The van der Waals surface area contributed by atoms with Gasteiger partial charge in [-0.2, -0.15) is 5.26 Å². The molecule has 0 aromatic carbocycles. The monoisotopic (exact) mass is 237 g/mol. The van der Waals surface area contributed by atoms with Crippen molar-refractivity contribution in [3.63, 3.8) is 0 Å². The molecule has 0 spiro atoms. The van der Waals surface area contributed by atoms with E-state index in [0.717, 1.165) is 52.0 Å². The first kappa shape index (κ1) is 12.8. The van der Waals surface area contributed by atoms with Gasteiger partial charge < -0.3 is 10.5 Å². The van der Waals surface area contributed by atoms with Crippen molar-refractivity contribution in [2.45, 2.75) is 44.2 Å². The number of hydrogen-bond acceptors (Lipinski definition) is 4. The van der Waals surface area contributed by atoms with Crippen LogP contribution in [0.4, 0.5) is 0 Å². The summed E-state index contributed by atoms with van der Waals surface area (Å²) in [4.78, 5) is 2.46. The molecular formula is C13H23N3O. The Labute approximate surface area is 104 Å². The molecule has 2 rings (SSSR count). The largest absolute Gasteiger partial charge is 0.379 e. The number of nitrogens with zero attached hydrogens (tertiary/aromatic N) is 2. The van der Waals surface area contributed by atoms with Crippen LogP contribution in [0.1, 0.15) is 32.6 Å². The molecule has 1 heterocycles. The third-order valence-electron chi connectivity index (χ3n) is 4.35. The van der Waals surface area contributed by atoms with Crippen LogP contribution in [-0.4, -0.2) is 42.8 Å². The molecule has 3 atom stereocenters. The Morgan fingerprint density at radius 3 is 3.12 bits per heavy atom. The van der Waals surface area contributed by atoms with Crippen LogP contribution in [-0.2, 0) is 4.74 Å². The van der Waals surface area contributed by atoms with Crippen molar-refractivity contribution >= 4 is 0 Å². The van der Waals surface area contributed by atoms with E-state index in [1.54, 1.807) is 0 Å². The molecule has 2 N–H and O–H groups in total. The minimum atomic E-state index is -0.560. The molecule has 1 saturated heterocycles. The number of ether oxygens (including phenoxy) is 1. The van der Waals surface area contributed by atoms with Gasteiger partial charge in [-0.05, 0) is 38.6 Å². The Bertz CT molecular complexity index is 302. The zero-order chi connectivity index (χ0) is 12.3. The van der Waals surface area contributed by atoms with E-state index < -0.39 is 5.54 Å². The Balaban J connectivity index is 1.83. The zero-order valence-corrected chi connectivity index (χ0v) is 10.7. The number of hydrogen-bond donors (Lipinski definition) is 1. The summed E-state index contributed by atoms with van der Waals surface area (Å²) in [5, 5.41) is 9.18. The minimum absolute atomic E-state index is 0.377. The highest BCUT2D eigenvalue weighted by atomic mass is 16.5. The van der Waals surface area contributed by atoms with Crippen LogP contribution in [0.2, 0.25) is 0 Å². The van der Waals surface area contributed by atoms with Crippen molar-refractivity contribution in [1.82, 2.24) is 4.90 Å². The molecule has 17 heavy (non-hydrogen) atoms. The maximum absolute atomic E-state index is 9.18. The second-order valence-electron chi connectivity index (χ2n) is 5.49. The van der Waals surface area contributed by atoms with Gasteiger partial charge in [0.15, 0.2) is 0 Å². The Morgan fingerprint density at radius 2 is 2.41 bits per heavy atom. The van der Waals surface area contributed by atoms with Crippen molar-refractivity contribution in [3.05, 3.63) is 0 Å². The van der Waals surface area contributed by atoms with Gasteiger partial charge in [0, 0.05) is 12.6 Å². The molecular weight excluding hydrogens is 214 g/mol. The van der Waals surface area contributed by atoms with Gasteiger partial charge in [-0.25, -0.2) is 0 Å². The van der Waals surface area contributed by atoms with Gasteiger partial charge in [0.05, 0.1) is 19.3 Å². The topological polar surface area (TPSA) is 62.3 Å². The van der Waals surface area contributed by atoms with Crippen LogP contribution in [0.15, 0.2) is 0 Å². The lowest BCUT2D eigenvalue weighted by Gasteiger charge is -2.35. The molecule has 0 bridgehead atoms. The van der Waals surface area contributed by atoms with E-state index in [2.05, 4.69) is 17.9 Å². The quantitative estimate of drug-likeness (QED) is 0.799. The van der Waals surface area contributed by atoms with Crippen LogP contribution in [0.3, 0.4) is 0 Å². The Hall–Kier alpha value is -0.630. The fourth-order valence-electron chi connectivity index (χ4n) is 3.07. The fraction of sp³-hybridized carbons (Fsp3) is 0.923. The summed E-state index contributed by atoms with van der Waals surface area (Å²) in [5.74, 6) is 0.377. The number of nitriles is 1. The summed E-state index contributed by atoms with van der Waals surface area (Å²) >= 11 is 0. The van der Waals surface area contributed by atoms with Gasteiger partial charge in [0.1, 0.15) is 5.54 Å². The average Bonchev–Trinajstić information content (AvgIpc) is 2.71. The molecule has 0 radical (unpaired) electrons. The molecule has 4 heteroatoms. The maximum Gasteiger partial charge on any atom is 0.107 e. The van der Waals surface area contributed by atoms with E-state index in [0.29, 0.717) is 12.0 Å². The highest BCUT2D eigenvalue weighted by molar-refractivity contribution is 5.12. The van der Waals surface area contributed by atoms with Gasteiger partial charge in [-0.3, -0.25) is 4.90 Å². The second-order valence-corrected chi connectivity index (χ2v) is 5.49. The highest BCUT2D eigenvalue weighted by Crippen LogP contribution is 2.35. The smallest absolute Gasteiger partial charge is 0.107 e. The van der Waals surface area contributed by atoms with Crippen molar-refractivity contribution in [2.75, 3.05) is 26.3 Å². The van der Waals surface area contributed by atoms with Gasteiger partial charge in [-0.15, -0.1) is 0 Å².